The molecule has 0 fully saturated rings. The topological polar surface area (TPSA) is 56.1 Å². The van der Waals surface area contributed by atoms with Crippen molar-refractivity contribution in [3.05, 3.63) is 70.3 Å². The van der Waals surface area contributed by atoms with Crippen LogP contribution in [0.4, 0.5) is 5.69 Å². The summed E-state index contributed by atoms with van der Waals surface area (Å²) in [5.41, 5.74) is 5.80. The molecule has 2 aromatic rings. The molecule has 1 aliphatic rings. The Bertz CT molecular complexity index is 999. The molecule has 2 aromatic carbocycles. The minimum Gasteiger partial charge on any atom is -0.366 e. The van der Waals surface area contributed by atoms with E-state index in [-0.39, 0.29) is 17.0 Å². The van der Waals surface area contributed by atoms with Crippen molar-refractivity contribution in [2.45, 2.75) is 59.0 Å². The fraction of sp³-hybridized carbons (Fsp3) is 0.385. The molecule has 0 aliphatic carbocycles. The van der Waals surface area contributed by atoms with Crippen molar-refractivity contribution >= 4 is 17.7 Å². The SMILES string of the molecule is CCN1c2cc(C)c(/C=C(\C#N)C(=O)NCc3ccccc3)cc2C(C)CC1(C)C. The van der Waals surface area contributed by atoms with E-state index < -0.39 is 0 Å². The minimum atomic E-state index is -0.345. The molecule has 1 heterocycles. The third-order valence-electron chi connectivity index (χ3n) is 6.05. The summed E-state index contributed by atoms with van der Waals surface area (Å²) in [7, 11) is 0. The van der Waals surface area contributed by atoms with Gasteiger partial charge >= 0.3 is 0 Å². The van der Waals surface area contributed by atoms with E-state index in [1.165, 1.54) is 11.3 Å². The van der Waals surface area contributed by atoms with Gasteiger partial charge in [0.2, 0.25) is 0 Å². The highest BCUT2D eigenvalue weighted by molar-refractivity contribution is 6.01. The maximum atomic E-state index is 12.6. The van der Waals surface area contributed by atoms with Crippen molar-refractivity contribution in [3.63, 3.8) is 0 Å². The maximum absolute atomic E-state index is 12.6. The summed E-state index contributed by atoms with van der Waals surface area (Å²) in [6, 6.07) is 16.1. The third kappa shape index (κ3) is 4.41. The molecule has 1 unspecified atom stereocenters. The van der Waals surface area contributed by atoms with Crippen LogP contribution in [0.2, 0.25) is 0 Å². The van der Waals surface area contributed by atoms with Crippen molar-refractivity contribution in [3.8, 4) is 6.07 Å². The highest BCUT2D eigenvalue weighted by Gasteiger charge is 2.35. The van der Waals surface area contributed by atoms with Gasteiger partial charge in [0.15, 0.2) is 0 Å². The van der Waals surface area contributed by atoms with E-state index in [4.69, 9.17) is 0 Å². The predicted octanol–water partition coefficient (Wildman–Crippen LogP) is 5.33. The van der Waals surface area contributed by atoms with Crippen LogP contribution in [-0.2, 0) is 11.3 Å². The van der Waals surface area contributed by atoms with Crippen LogP contribution in [0.1, 0.15) is 62.3 Å². The third-order valence-corrected chi connectivity index (χ3v) is 6.05. The summed E-state index contributed by atoms with van der Waals surface area (Å²) >= 11 is 0. The number of anilines is 1. The number of carbonyl (C=O) groups is 1. The molecule has 0 aromatic heterocycles. The van der Waals surface area contributed by atoms with Gasteiger partial charge in [-0.25, -0.2) is 0 Å². The molecule has 3 rings (SSSR count). The van der Waals surface area contributed by atoms with E-state index in [1.54, 1.807) is 6.08 Å². The number of nitrogens with zero attached hydrogens (tertiary/aromatic N) is 2. The van der Waals surface area contributed by atoms with Crippen molar-refractivity contribution in [1.82, 2.24) is 5.32 Å². The second-order valence-electron chi connectivity index (χ2n) is 8.77. The molecule has 0 radical (unpaired) electrons. The van der Waals surface area contributed by atoms with Gasteiger partial charge in [0, 0.05) is 24.3 Å². The van der Waals surface area contributed by atoms with Crippen molar-refractivity contribution < 1.29 is 4.79 Å². The number of aryl methyl sites for hydroxylation is 1. The Kier molecular flexibility index (Phi) is 6.31. The molecule has 0 saturated heterocycles. The Morgan fingerprint density at radius 2 is 2.00 bits per heavy atom. The fourth-order valence-electron chi connectivity index (χ4n) is 4.58. The molecule has 30 heavy (non-hydrogen) atoms. The second-order valence-corrected chi connectivity index (χ2v) is 8.77. The number of rotatable bonds is 5. The number of hydrogen-bond donors (Lipinski definition) is 1. The Labute approximate surface area is 180 Å². The van der Waals surface area contributed by atoms with Gasteiger partial charge in [0.05, 0.1) is 0 Å². The van der Waals surface area contributed by atoms with Crippen molar-refractivity contribution in [2.24, 2.45) is 0 Å². The Morgan fingerprint density at radius 1 is 1.30 bits per heavy atom. The smallest absolute Gasteiger partial charge is 0.262 e. The first kappa shape index (κ1) is 21.6. The van der Waals surface area contributed by atoms with Gasteiger partial charge in [0.25, 0.3) is 5.91 Å². The van der Waals surface area contributed by atoms with Gasteiger partial charge in [0.1, 0.15) is 11.6 Å². The van der Waals surface area contributed by atoms with Crippen LogP contribution < -0.4 is 10.2 Å². The molecule has 1 amide bonds. The standard InChI is InChI=1S/C26H31N3O/c1-6-29-24-12-18(2)21(14-23(24)19(3)15-26(29,4)5)13-22(16-27)25(30)28-17-20-10-8-7-9-11-20/h7-14,19H,6,15,17H2,1-5H3,(H,28,30)/b22-13+. The number of fused-ring (bicyclic) bond motifs is 1. The lowest BCUT2D eigenvalue weighted by molar-refractivity contribution is -0.117. The van der Waals surface area contributed by atoms with E-state index >= 15 is 0 Å². The zero-order valence-electron chi connectivity index (χ0n) is 18.6. The van der Waals surface area contributed by atoms with Crippen LogP contribution in [0.5, 0.6) is 0 Å². The molecule has 1 aliphatic heterocycles. The van der Waals surface area contributed by atoms with E-state index in [0.29, 0.717) is 12.5 Å². The quantitative estimate of drug-likeness (QED) is 0.544. The van der Waals surface area contributed by atoms with E-state index in [9.17, 15) is 10.1 Å². The van der Waals surface area contributed by atoms with Gasteiger partial charge in [-0.05, 0) is 80.5 Å². The van der Waals surface area contributed by atoms with Crippen molar-refractivity contribution in [2.75, 3.05) is 11.4 Å². The summed E-state index contributed by atoms with van der Waals surface area (Å²) in [4.78, 5) is 15.0. The second kappa shape index (κ2) is 8.75. The van der Waals surface area contributed by atoms with Crippen LogP contribution in [0, 0.1) is 18.3 Å². The summed E-state index contributed by atoms with van der Waals surface area (Å²) < 4.78 is 0. The first-order valence-corrected chi connectivity index (χ1v) is 10.6. The van der Waals surface area contributed by atoms with Crippen LogP contribution in [0.25, 0.3) is 6.08 Å². The molecule has 156 valence electrons. The highest BCUT2D eigenvalue weighted by Crippen LogP contribution is 2.44. The molecule has 4 heteroatoms. The van der Waals surface area contributed by atoms with Gasteiger partial charge in [-0.3, -0.25) is 4.79 Å². The molecule has 0 spiro atoms. The van der Waals surface area contributed by atoms with Crippen molar-refractivity contribution in [1.29, 1.82) is 5.26 Å². The first-order valence-electron chi connectivity index (χ1n) is 10.6. The molecule has 4 nitrogen and oxygen atoms in total. The zero-order valence-corrected chi connectivity index (χ0v) is 18.6. The van der Waals surface area contributed by atoms with Crippen LogP contribution >= 0.6 is 0 Å². The first-order chi connectivity index (χ1) is 14.3. The molecular weight excluding hydrogens is 370 g/mol. The average molecular weight is 402 g/mol. The van der Waals surface area contributed by atoms with E-state index in [1.807, 2.05) is 37.3 Å². The van der Waals surface area contributed by atoms with E-state index in [0.717, 1.165) is 29.7 Å². The molecule has 0 bridgehead atoms. The largest absolute Gasteiger partial charge is 0.366 e. The number of hydrogen-bond acceptors (Lipinski definition) is 3. The normalized spacial score (nSPS) is 17.8. The van der Waals surface area contributed by atoms with Crippen LogP contribution in [0.15, 0.2) is 48.0 Å². The number of carbonyl (C=O) groups excluding carboxylic acids is 1. The Hall–Kier alpha value is -3.06. The van der Waals surface area contributed by atoms with Gasteiger partial charge in [-0.2, -0.15) is 5.26 Å². The number of benzene rings is 2. The number of nitrogens with one attached hydrogen (secondary N) is 1. The highest BCUT2D eigenvalue weighted by atomic mass is 16.1. The Balaban J connectivity index is 1.89. The van der Waals surface area contributed by atoms with Crippen LogP contribution in [0.3, 0.4) is 0 Å². The van der Waals surface area contributed by atoms with Gasteiger partial charge in [-0.15, -0.1) is 0 Å². The minimum absolute atomic E-state index is 0.111. The number of nitriles is 1. The summed E-state index contributed by atoms with van der Waals surface area (Å²) in [5.74, 6) is 0.0748. The maximum Gasteiger partial charge on any atom is 0.262 e. The zero-order chi connectivity index (χ0) is 21.9. The van der Waals surface area contributed by atoms with Gasteiger partial charge in [-0.1, -0.05) is 37.3 Å². The molecule has 1 atom stereocenters. The Morgan fingerprint density at radius 3 is 2.63 bits per heavy atom. The van der Waals surface area contributed by atoms with Gasteiger partial charge < -0.3 is 10.2 Å². The predicted molar refractivity (Wildman–Crippen MR) is 123 cm³/mol. The number of amides is 1. The fourth-order valence-corrected chi connectivity index (χ4v) is 4.58. The summed E-state index contributed by atoms with van der Waals surface area (Å²) in [6.07, 6.45) is 2.79. The lowest BCUT2D eigenvalue weighted by atomic mass is 9.79. The lowest BCUT2D eigenvalue weighted by Crippen LogP contribution is -2.48. The summed E-state index contributed by atoms with van der Waals surface area (Å²) in [6.45, 7) is 12.4. The van der Waals surface area contributed by atoms with Crippen LogP contribution in [-0.4, -0.2) is 18.0 Å². The summed E-state index contributed by atoms with van der Waals surface area (Å²) in [5, 5.41) is 12.4. The average Bonchev–Trinajstić information content (AvgIpc) is 2.71. The molecule has 1 N–H and O–H groups in total. The monoisotopic (exact) mass is 401 g/mol. The molecular formula is C26H31N3O. The lowest BCUT2D eigenvalue weighted by Gasteiger charge is -2.47. The molecule has 0 saturated carbocycles. The van der Waals surface area contributed by atoms with E-state index in [2.05, 4.69) is 56.1 Å².